The summed E-state index contributed by atoms with van der Waals surface area (Å²) in [5.41, 5.74) is 0. The van der Waals surface area contributed by atoms with Gasteiger partial charge in [-0.15, -0.1) is 0 Å². The van der Waals surface area contributed by atoms with Crippen LogP contribution < -0.4 is 0 Å². The van der Waals surface area contributed by atoms with E-state index in [2.05, 4.69) is 19.1 Å². The number of carbonyl (C=O) groups is 2. The van der Waals surface area contributed by atoms with Crippen molar-refractivity contribution in [1.29, 1.82) is 0 Å². The van der Waals surface area contributed by atoms with Crippen LogP contribution in [0.3, 0.4) is 0 Å². The number of carbonyl (C=O) groups excluding carboxylic acids is 2. The number of nitrogens with zero attached hydrogens (tertiary/aromatic N) is 1. The first kappa shape index (κ1) is 36.8. The second-order valence-corrected chi connectivity index (χ2v) is 12.3. The maximum absolute atomic E-state index is 12.3. The molecule has 0 aliphatic heterocycles. The lowest BCUT2D eigenvalue weighted by atomic mass is 10.1. The second kappa shape index (κ2) is 22.6. The fourth-order valence-electron chi connectivity index (χ4n) is 3.54. The van der Waals surface area contributed by atoms with Gasteiger partial charge in [0.1, 0.15) is 19.8 Å². The van der Waals surface area contributed by atoms with E-state index in [0.29, 0.717) is 17.4 Å². The number of phosphoric ester groups is 1. The monoisotopic (exact) mass is 564 g/mol. The Hall–Kier alpha value is -1.25. The Kier molecular flexibility index (Phi) is 21.8. The predicted octanol–water partition coefficient (Wildman–Crippen LogP) is 6.34. The average molecular weight is 565 g/mol. The summed E-state index contributed by atoms with van der Waals surface area (Å²) in [6.07, 6.45) is 16.1. The molecule has 0 aromatic carbocycles. The van der Waals surface area contributed by atoms with Crippen LogP contribution in [0.15, 0.2) is 12.2 Å². The van der Waals surface area contributed by atoms with E-state index in [1.165, 1.54) is 6.42 Å². The third-order valence-corrected chi connectivity index (χ3v) is 6.87. The van der Waals surface area contributed by atoms with Crippen molar-refractivity contribution in [2.45, 2.75) is 110 Å². The number of hydrogen-bond donors (Lipinski definition) is 1. The molecule has 38 heavy (non-hydrogen) atoms. The largest absolute Gasteiger partial charge is 0.472 e. The van der Waals surface area contributed by atoms with Crippen LogP contribution in [0.25, 0.3) is 0 Å². The number of esters is 2. The molecular formula is C28H55NO8P+. The van der Waals surface area contributed by atoms with Crippen molar-refractivity contribution >= 4 is 19.8 Å². The summed E-state index contributed by atoms with van der Waals surface area (Å²) < 4.78 is 33.7. The maximum atomic E-state index is 12.3. The molecule has 0 amide bonds. The fraction of sp³-hybridized carbons (Fsp3) is 0.857. The first-order valence-corrected chi connectivity index (χ1v) is 15.9. The molecule has 0 aliphatic carbocycles. The summed E-state index contributed by atoms with van der Waals surface area (Å²) in [6.45, 7) is 4.08. The summed E-state index contributed by atoms with van der Waals surface area (Å²) in [5.74, 6) is -0.830. The highest BCUT2D eigenvalue weighted by Gasteiger charge is 2.27. The number of rotatable bonds is 25. The Balaban J connectivity index is 4.57. The Labute approximate surface area is 231 Å². The lowest BCUT2D eigenvalue weighted by Gasteiger charge is -2.24. The zero-order chi connectivity index (χ0) is 28.7. The van der Waals surface area contributed by atoms with Crippen molar-refractivity contribution in [2.75, 3.05) is 47.5 Å². The third-order valence-electron chi connectivity index (χ3n) is 5.89. The van der Waals surface area contributed by atoms with E-state index < -0.39 is 26.5 Å². The molecule has 2 atom stereocenters. The molecule has 0 radical (unpaired) electrons. The lowest BCUT2D eigenvalue weighted by molar-refractivity contribution is -0.870. The Morgan fingerprint density at radius 2 is 1.42 bits per heavy atom. The molecule has 9 nitrogen and oxygen atoms in total. The topological polar surface area (TPSA) is 108 Å². The molecule has 0 saturated heterocycles. The van der Waals surface area contributed by atoms with Crippen molar-refractivity contribution in [3.05, 3.63) is 12.2 Å². The smallest absolute Gasteiger partial charge is 0.462 e. The molecule has 0 aromatic heterocycles. The van der Waals surface area contributed by atoms with Crippen LogP contribution in [0, 0.1) is 0 Å². The van der Waals surface area contributed by atoms with Gasteiger partial charge in [-0.3, -0.25) is 18.6 Å². The molecule has 10 heteroatoms. The summed E-state index contributed by atoms with van der Waals surface area (Å²) in [5, 5.41) is 0. The number of quaternary nitrogens is 1. The highest BCUT2D eigenvalue weighted by Crippen LogP contribution is 2.43. The van der Waals surface area contributed by atoms with Crippen molar-refractivity contribution < 1.29 is 42.1 Å². The van der Waals surface area contributed by atoms with E-state index in [9.17, 15) is 19.0 Å². The van der Waals surface area contributed by atoms with Crippen molar-refractivity contribution in [2.24, 2.45) is 0 Å². The number of allylic oxidation sites excluding steroid dienone is 2. The molecule has 0 rings (SSSR count). The molecule has 0 aliphatic rings. The van der Waals surface area contributed by atoms with Gasteiger partial charge in [-0.1, -0.05) is 70.4 Å². The normalized spacial score (nSPS) is 14.4. The summed E-state index contributed by atoms with van der Waals surface area (Å²) >= 11 is 0. The van der Waals surface area contributed by atoms with Gasteiger partial charge >= 0.3 is 19.8 Å². The zero-order valence-electron chi connectivity index (χ0n) is 24.7. The quantitative estimate of drug-likeness (QED) is 0.0450. The number of unbranched alkanes of at least 4 members (excludes halogenated alkanes) is 10. The van der Waals surface area contributed by atoms with Gasteiger partial charge in [0.25, 0.3) is 0 Å². The molecular weight excluding hydrogens is 509 g/mol. The van der Waals surface area contributed by atoms with Gasteiger partial charge in [-0.05, 0) is 32.6 Å². The Bertz CT molecular complexity index is 693. The van der Waals surface area contributed by atoms with E-state index in [4.69, 9.17) is 18.5 Å². The minimum absolute atomic E-state index is 0.0318. The van der Waals surface area contributed by atoms with Crippen molar-refractivity contribution in [1.82, 2.24) is 0 Å². The summed E-state index contributed by atoms with van der Waals surface area (Å²) in [7, 11) is 1.47. The van der Waals surface area contributed by atoms with Crippen molar-refractivity contribution in [3.63, 3.8) is 0 Å². The van der Waals surface area contributed by atoms with Gasteiger partial charge in [0.15, 0.2) is 6.10 Å². The Morgan fingerprint density at radius 3 is 2.03 bits per heavy atom. The van der Waals surface area contributed by atoms with Crippen LogP contribution in [0.2, 0.25) is 0 Å². The lowest BCUT2D eigenvalue weighted by Crippen LogP contribution is -2.37. The van der Waals surface area contributed by atoms with Crippen LogP contribution in [-0.2, 0) is 32.7 Å². The minimum Gasteiger partial charge on any atom is -0.462 e. The van der Waals surface area contributed by atoms with Crippen LogP contribution >= 0.6 is 7.82 Å². The third kappa shape index (κ3) is 25.1. The first-order chi connectivity index (χ1) is 18.0. The van der Waals surface area contributed by atoms with Gasteiger partial charge in [0.05, 0.1) is 27.7 Å². The Morgan fingerprint density at radius 1 is 0.842 bits per heavy atom. The number of phosphoric acid groups is 1. The fourth-order valence-corrected chi connectivity index (χ4v) is 4.28. The molecule has 0 bridgehead atoms. The van der Waals surface area contributed by atoms with Gasteiger partial charge in [0.2, 0.25) is 0 Å². The molecule has 0 saturated carbocycles. The standard InChI is InChI=1S/C28H54NO8P/c1-6-8-10-12-14-15-17-18-20-27(30)34-24-26(37-28(31)21-19-16-13-11-9-7-2)25-36-38(32,33)35-23-22-29(3,4)5/h6,8,26H,7,9-25H2,1-5H3/p+1/b8-6-/t26-/m1/s1. The van der Waals surface area contributed by atoms with Crippen LogP contribution in [-0.4, -0.2) is 74.9 Å². The molecule has 224 valence electrons. The molecule has 0 fully saturated rings. The first-order valence-electron chi connectivity index (χ1n) is 14.4. The minimum atomic E-state index is -4.34. The van der Waals surface area contributed by atoms with Crippen LogP contribution in [0.5, 0.6) is 0 Å². The average Bonchev–Trinajstić information content (AvgIpc) is 2.83. The molecule has 0 aromatic rings. The number of ether oxygens (including phenoxy) is 2. The zero-order valence-corrected chi connectivity index (χ0v) is 25.6. The van der Waals surface area contributed by atoms with E-state index in [1.807, 2.05) is 28.1 Å². The van der Waals surface area contributed by atoms with Gasteiger partial charge in [-0.25, -0.2) is 4.57 Å². The number of hydrogen-bond acceptors (Lipinski definition) is 7. The summed E-state index contributed by atoms with van der Waals surface area (Å²) in [6, 6.07) is 0. The summed E-state index contributed by atoms with van der Waals surface area (Å²) in [4.78, 5) is 34.5. The van der Waals surface area contributed by atoms with E-state index in [0.717, 1.165) is 64.2 Å². The highest BCUT2D eigenvalue weighted by molar-refractivity contribution is 7.47. The molecule has 0 heterocycles. The second-order valence-electron chi connectivity index (χ2n) is 10.8. The molecule has 1 unspecified atom stereocenters. The predicted molar refractivity (Wildman–Crippen MR) is 151 cm³/mol. The number of likely N-dealkylation sites (N-methyl/N-ethyl adjacent to an activating group) is 1. The van der Waals surface area contributed by atoms with Crippen molar-refractivity contribution in [3.8, 4) is 0 Å². The van der Waals surface area contributed by atoms with E-state index in [-0.39, 0.29) is 32.0 Å². The van der Waals surface area contributed by atoms with E-state index in [1.54, 1.807) is 0 Å². The molecule has 0 spiro atoms. The van der Waals surface area contributed by atoms with Gasteiger partial charge in [0, 0.05) is 12.8 Å². The highest BCUT2D eigenvalue weighted by atomic mass is 31.2. The van der Waals surface area contributed by atoms with Gasteiger partial charge in [-0.2, -0.15) is 0 Å². The SMILES string of the molecule is C/C=C\CCCCCCCC(=O)OC[C@H](COP(=O)(O)OCC[N+](C)(C)C)OC(=O)CCCCCCCC. The van der Waals surface area contributed by atoms with Crippen LogP contribution in [0.1, 0.15) is 104 Å². The molecule has 1 N–H and O–H groups in total. The van der Waals surface area contributed by atoms with Gasteiger partial charge < -0.3 is 18.9 Å². The van der Waals surface area contributed by atoms with E-state index >= 15 is 0 Å². The van der Waals surface area contributed by atoms with Crippen LogP contribution in [0.4, 0.5) is 0 Å². The maximum Gasteiger partial charge on any atom is 0.472 e.